The van der Waals surface area contributed by atoms with E-state index in [0.29, 0.717) is 23.1 Å². The molecule has 126 valence electrons. The number of amides is 1. The van der Waals surface area contributed by atoms with E-state index in [1.54, 1.807) is 24.4 Å². The topological polar surface area (TPSA) is 98.9 Å². The number of pyridine rings is 1. The Hall–Kier alpha value is -3.22. The molecule has 25 heavy (non-hydrogen) atoms. The molecule has 0 saturated carbocycles. The summed E-state index contributed by atoms with van der Waals surface area (Å²) in [6, 6.07) is 10.5. The minimum absolute atomic E-state index is 0.0426. The van der Waals surface area contributed by atoms with Gasteiger partial charge in [0.25, 0.3) is 5.91 Å². The van der Waals surface area contributed by atoms with Gasteiger partial charge >= 0.3 is 11.1 Å². The van der Waals surface area contributed by atoms with Crippen LogP contribution in [0.2, 0.25) is 0 Å². The van der Waals surface area contributed by atoms with Crippen LogP contribution in [-0.2, 0) is 0 Å². The predicted octanol–water partition coefficient (Wildman–Crippen LogP) is 1.59. The Morgan fingerprint density at radius 2 is 1.88 bits per heavy atom. The molecule has 1 aromatic carbocycles. The second-order valence-electron chi connectivity index (χ2n) is 6.08. The van der Waals surface area contributed by atoms with Crippen molar-refractivity contribution in [3.8, 4) is 0 Å². The molecule has 3 heterocycles. The zero-order valence-corrected chi connectivity index (χ0v) is 13.4. The SMILES string of the molecule is O=C(c1ccc2[nH]c(=O)c(=O)[nH]c2c1)N1CCC[C@H]1c1ccccn1. The van der Waals surface area contributed by atoms with Gasteiger partial charge < -0.3 is 14.9 Å². The van der Waals surface area contributed by atoms with Crippen molar-refractivity contribution in [3.05, 3.63) is 74.6 Å². The van der Waals surface area contributed by atoms with Crippen molar-refractivity contribution >= 4 is 16.9 Å². The molecule has 3 aromatic rings. The van der Waals surface area contributed by atoms with Gasteiger partial charge in [-0.05, 0) is 43.2 Å². The van der Waals surface area contributed by atoms with Crippen molar-refractivity contribution in [1.82, 2.24) is 19.9 Å². The molecule has 4 rings (SSSR count). The summed E-state index contributed by atoms with van der Waals surface area (Å²) in [6.07, 6.45) is 3.53. The van der Waals surface area contributed by atoms with Gasteiger partial charge in [-0.25, -0.2) is 0 Å². The summed E-state index contributed by atoms with van der Waals surface area (Å²) >= 11 is 0. The Kier molecular flexibility index (Phi) is 3.68. The van der Waals surface area contributed by atoms with Crippen LogP contribution >= 0.6 is 0 Å². The maximum atomic E-state index is 13.0. The van der Waals surface area contributed by atoms with E-state index in [0.717, 1.165) is 18.5 Å². The Morgan fingerprint density at radius 1 is 1.08 bits per heavy atom. The molecule has 1 amide bonds. The lowest BCUT2D eigenvalue weighted by Crippen LogP contribution is -2.31. The minimum atomic E-state index is -0.732. The molecule has 0 unspecified atom stereocenters. The molecule has 2 aromatic heterocycles. The first kappa shape index (κ1) is 15.3. The second kappa shape index (κ2) is 6.01. The van der Waals surface area contributed by atoms with E-state index in [2.05, 4.69) is 15.0 Å². The number of benzene rings is 1. The lowest BCUT2D eigenvalue weighted by molar-refractivity contribution is 0.0733. The fourth-order valence-corrected chi connectivity index (χ4v) is 3.30. The van der Waals surface area contributed by atoms with Crippen LogP contribution in [0.1, 0.15) is 34.9 Å². The van der Waals surface area contributed by atoms with Crippen LogP contribution in [-0.4, -0.2) is 32.3 Å². The number of fused-ring (bicyclic) bond motifs is 1. The van der Waals surface area contributed by atoms with Crippen LogP contribution in [0.4, 0.5) is 0 Å². The molecule has 1 fully saturated rings. The normalized spacial score (nSPS) is 17.1. The van der Waals surface area contributed by atoms with E-state index in [4.69, 9.17) is 0 Å². The van der Waals surface area contributed by atoms with Gasteiger partial charge in [-0.2, -0.15) is 0 Å². The van der Waals surface area contributed by atoms with E-state index in [1.165, 1.54) is 0 Å². The first-order valence-corrected chi connectivity index (χ1v) is 8.12. The number of carbonyl (C=O) groups is 1. The third kappa shape index (κ3) is 2.73. The van der Waals surface area contributed by atoms with Gasteiger partial charge in [0.1, 0.15) is 0 Å². The number of likely N-dealkylation sites (tertiary alicyclic amines) is 1. The van der Waals surface area contributed by atoms with Gasteiger partial charge in [0.15, 0.2) is 0 Å². The van der Waals surface area contributed by atoms with Crippen molar-refractivity contribution in [3.63, 3.8) is 0 Å². The average molecular weight is 336 g/mol. The standard InChI is InChI=1S/C18H16N4O3/c23-16-17(24)21-14-10-11(6-7-12(14)20-16)18(25)22-9-3-5-15(22)13-4-1-2-8-19-13/h1-2,4,6-8,10,15H,3,5,9H2,(H,20,23)(H,21,24)/t15-/m0/s1. The molecule has 7 heteroatoms. The molecule has 0 radical (unpaired) electrons. The van der Waals surface area contributed by atoms with E-state index in [9.17, 15) is 14.4 Å². The largest absolute Gasteiger partial charge is 0.330 e. The highest BCUT2D eigenvalue weighted by Crippen LogP contribution is 2.32. The summed E-state index contributed by atoms with van der Waals surface area (Å²) in [7, 11) is 0. The smallest absolute Gasteiger partial charge is 0.314 e. The average Bonchev–Trinajstić information content (AvgIpc) is 3.12. The molecular weight excluding hydrogens is 320 g/mol. The number of aromatic amines is 2. The number of rotatable bonds is 2. The van der Waals surface area contributed by atoms with E-state index >= 15 is 0 Å². The van der Waals surface area contributed by atoms with Gasteiger partial charge in [0.05, 0.1) is 22.8 Å². The maximum Gasteiger partial charge on any atom is 0.314 e. The van der Waals surface area contributed by atoms with E-state index < -0.39 is 11.1 Å². The summed E-state index contributed by atoms with van der Waals surface area (Å²) in [6.45, 7) is 0.667. The first-order chi connectivity index (χ1) is 12.1. The molecule has 1 aliphatic heterocycles. The highest BCUT2D eigenvalue weighted by atomic mass is 16.2. The zero-order chi connectivity index (χ0) is 17.4. The predicted molar refractivity (Wildman–Crippen MR) is 92.4 cm³/mol. The summed E-state index contributed by atoms with van der Waals surface area (Å²) < 4.78 is 0. The second-order valence-corrected chi connectivity index (χ2v) is 6.08. The fourth-order valence-electron chi connectivity index (χ4n) is 3.30. The van der Waals surface area contributed by atoms with Crippen LogP contribution in [0.3, 0.4) is 0 Å². The number of nitrogens with one attached hydrogen (secondary N) is 2. The highest BCUT2D eigenvalue weighted by Gasteiger charge is 2.31. The number of carbonyl (C=O) groups excluding carboxylic acids is 1. The highest BCUT2D eigenvalue weighted by molar-refractivity contribution is 5.97. The molecule has 1 aliphatic rings. The van der Waals surface area contributed by atoms with Crippen LogP contribution in [0.25, 0.3) is 11.0 Å². The van der Waals surface area contributed by atoms with E-state index in [-0.39, 0.29) is 11.9 Å². The Labute approximate surface area is 142 Å². The van der Waals surface area contributed by atoms with E-state index in [1.807, 2.05) is 23.1 Å². The minimum Gasteiger partial charge on any atom is -0.330 e. The van der Waals surface area contributed by atoms with Gasteiger partial charge in [-0.3, -0.25) is 19.4 Å². The molecule has 7 nitrogen and oxygen atoms in total. The quantitative estimate of drug-likeness (QED) is 0.694. The number of H-pyrrole nitrogens is 2. The fraction of sp³-hybridized carbons (Fsp3) is 0.222. The third-order valence-electron chi connectivity index (χ3n) is 4.51. The van der Waals surface area contributed by atoms with Gasteiger partial charge in [0, 0.05) is 18.3 Å². The van der Waals surface area contributed by atoms with Crippen molar-refractivity contribution in [2.75, 3.05) is 6.54 Å². The number of aromatic nitrogens is 3. The van der Waals surface area contributed by atoms with Crippen molar-refractivity contribution in [1.29, 1.82) is 0 Å². The van der Waals surface area contributed by atoms with Crippen molar-refractivity contribution in [2.24, 2.45) is 0 Å². The molecular formula is C18H16N4O3. The Bertz CT molecular complexity index is 1060. The summed E-state index contributed by atoms with van der Waals surface area (Å²) in [5, 5.41) is 0. The van der Waals surface area contributed by atoms with Gasteiger partial charge in [-0.1, -0.05) is 6.07 Å². The lowest BCUT2D eigenvalue weighted by Gasteiger charge is -2.24. The third-order valence-corrected chi connectivity index (χ3v) is 4.51. The molecule has 0 spiro atoms. The molecule has 1 saturated heterocycles. The first-order valence-electron chi connectivity index (χ1n) is 8.12. The number of hydrogen-bond donors (Lipinski definition) is 2. The molecule has 0 bridgehead atoms. The van der Waals surface area contributed by atoms with Gasteiger partial charge in [0.2, 0.25) is 0 Å². The zero-order valence-electron chi connectivity index (χ0n) is 13.4. The summed E-state index contributed by atoms with van der Waals surface area (Å²) in [5.74, 6) is -0.109. The molecule has 0 aliphatic carbocycles. The maximum absolute atomic E-state index is 13.0. The Morgan fingerprint density at radius 3 is 2.64 bits per heavy atom. The van der Waals surface area contributed by atoms with Crippen LogP contribution in [0.15, 0.2) is 52.2 Å². The van der Waals surface area contributed by atoms with Crippen LogP contribution in [0.5, 0.6) is 0 Å². The number of hydrogen-bond acceptors (Lipinski definition) is 4. The van der Waals surface area contributed by atoms with Crippen molar-refractivity contribution < 1.29 is 4.79 Å². The molecule has 1 atom stereocenters. The van der Waals surface area contributed by atoms with Crippen LogP contribution < -0.4 is 11.1 Å². The summed E-state index contributed by atoms with van der Waals surface area (Å²) in [5.41, 5.74) is 0.837. The summed E-state index contributed by atoms with van der Waals surface area (Å²) in [4.78, 5) is 47.0. The van der Waals surface area contributed by atoms with Crippen LogP contribution in [0, 0.1) is 0 Å². The number of nitrogens with zero attached hydrogens (tertiary/aromatic N) is 2. The Balaban J connectivity index is 1.70. The lowest BCUT2D eigenvalue weighted by atomic mass is 10.1. The monoisotopic (exact) mass is 336 g/mol. The molecule has 2 N–H and O–H groups in total. The van der Waals surface area contributed by atoms with Gasteiger partial charge in [-0.15, -0.1) is 0 Å². The van der Waals surface area contributed by atoms with Crippen molar-refractivity contribution in [2.45, 2.75) is 18.9 Å².